The third-order valence-electron chi connectivity index (χ3n) is 2.68. The molecule has 0 aliphatic heterocycles. The van der Waals surface area contributed by atoms with E-state index in [0.29, 0.717) is 10.7 Å². The van der Waals surface area contributed by atoms with Crippen LogP contribution in [0.5, 0.6) is 0 Å². The van der Waals surface area contributed by atoms with Crippen LogP contribution >= 0.6 is 11.3 Å². The lowest BCUT2D eigenvalue weighted by Crippen LogP contribution is -2.38. The highest BCUT2D eigenvalue weighted by Crippen LogP contribution is 2.25. The zero-order valence-corrected chi connectivity index (χ0v) is 12.3. The first-order valence-corrected chi connectivity index (χ1v) is 7.01. The smallest absolute Gasteiger partial charge is 0.355 e. The number of carbonyl (C=O) groups is 2. The average molecular weight is 304 g/mol. The first kappa shape index (κ1) is 15.1. The fourth-order valence-corrected chi connectivity index (χ4v) is 2.29. The molecule has 1 aromatic heterocycles. The van der Waals surface area contributed by atoms with E-state index in [1.807, 2.05) is 0 Å². The minimum atomic E-state index is -1.20. The number of aromatic nitrogens is 1. The average Bonchev–Trinajstić information content (AvgIpc) is 2.88. The van der Waals surface area contributed by atoms with Crippen molar-refractivity contribution in [1.29, 1.82) is 0 Å². The van der Waals surface area contributed by atoms with Crippen LogP contribution in [-0.4, -0.2) is 27.5 Å². The van der Waals surface area contributed by atoms with Gasteiger partial charge in [0.25, 0.3) is 0 Å². The van der Waals surface area contributed by atoms with Gasteiger partial charge in [-0.05, 0) is 38.1 Å². The van der Waals surface area contributed by atoms with Crippen molar-refractivity contribution in [2.75, 3.05) is 5.32 Å². The number of hydrogen-bond acceptors (Lipinski definition) is 4. The Hall–Kier alpha value is -2.25. The summed E-state index contributed by atoms with van der Waals surface area (Å²) in [5.74, 6) is -1.45. The van der Waals surface area contributed by atoms with Crippen LogP contribution in [0.25, 0.3) is 10.6 Å². The first-order valence-electron chi connectivity index (χ1n) is 6.13. The highest BCUT2D eigenvalue weighted by molar-refractivity contribution is 7.13. The SMILES string of the molecule is CC(C)([NH])C(=O)Nc1ccc(-c2nc(C(=O)O)cs2)cc1. The van der Waals surface area contributed by atoms with Gasteiger partial charge in [0.2, 0.25) is 5.91 Å². The molecule has 0 aliphatic rings. The number of aromatic carboxylic acids is 1. The lowest BCUT2D eigenvalue weighted by Gasteiger charge is -2.16. The molecule has 0 spiro atoms. The van der Waals surface area contributed by atoms with E-state index >= 15 is 0 Å². The van der Waals surface area contributed by atoms with Crippen molar-refractivity contribution >= 4 is 28.9 Å². The third kappa shape index (κ3) is 3.65. The second kappa shape index (κ2) is 5.63. The predicted molar refractivity (Wildman–Crippen MR) is 80.3 cm³/mol. The van der Waals surface area contributed by atoms with E-state index in [1.165, 1.54) is 30.6 Å². The second-order valence-corrected chi connectivity index (χ2v) is 5.86. The summed E-state index contributed by atoms with van der Waals surface area (Å²) in [5, 5.41) is 13.6. The summed E-state index contributed by atoms with van der Waals surface area (Å²) in [6, 6.07) is 6.88. The van der Waals surface area contributed by atoms with E-state index in [9.17, 15) is 9.59 Å². The number of carbonyl (C=O) groups excluding carboxylic acids is 1. The summed E-state index contributed by atoms with van der Waals surface area (Å²) in [7, 11) is 0. The van der Waals surface area contributed by atoms with Gasteiger partial charge in [-0.2, -0.15) is 0 Å². The van der Waals surface area contributed by atoms with Gasteiger partial charge in [-0.1, -0.05) is 0 Å². The molecule has 1 heterocycles. The molecular formula is C14H14N3O3S. The van der Waals surface area contributed by atoms with E-state index in [2.05, 4.69) is 10.3 Å². The molecule has 6 nitrogen and oxygen atoms in total. The molecular weight excluding hydrogens is 290 g/mol. The molecule has 0 aliphatic carbocycles. The summed E-state index contributed by atoms with van der Waals surface area (Å²) in [6.45, 7) is 3.03. The van der Waals surface area contributed by atoms with E-state index in [-0.39, 0.29) is 5.69 Å². The number of nitrogens with zero attached hydrogens (tertiary/aromatic N) is 1. The van der Waals surface area contributed by atoms with Crippen LogP contribution in [-0.2, 0) is 4.79 Å². The van der Waals surface area contributed by atoms with E-state index in [1.54, 1.807) is 24.3 Å². The molecule has 2 aromatic rings. The number of amides is 1. The molecule has 0 unspecified atom stereocenters. The molecule has 1 radical (unpaired) electrons. The maximum atomic E-state index is 11.7. The van der Waals surface area contributed by atoms with E-state index in [4.69, 9.17) is 10.8 Å². The van der Waals surface area contributed by atoms with E-state index < -0.39 is 17.4 Å². The Labute approximate surface area is 125 Å². The molecule has 0 saturated heterocycles. The summed E-state index contributed by atoms with van der Waals surface area (Å²) in [5.41, 5.74) is 7.80. The monoisotopic (exact) mass is 304 g/mol. The van der Waals surface area contributed by atoms with Crippen LogP contribution in [0.2, 0.25) is 0 Å². The second-order valence-electron chi connectivity index (χ2n) is 5.00. The number of carboxylic acid groups (broad SMARTS) is 1. The van der Waals surface area contributed by atoms with Crippen LogP contribution in [0, 0.1) is 0 Å². The van der Waals surface area contributed by atoms with Gasteiger partial charge >= 0.3 is 5.97 Å². The fourth-order valence-electron chi connectivity index (χ4n) is 1.49. The topological polar surface area (TPSA) is 103 Å². The summed E-state index contributed by atoms with van der Waals surface area (Å²) in [6.07, 6.45) is 0. The highest BCUT2D eigenvalue weighted by atomic mass is 32.1. The largest absolute Gasteiger partial charge is 0.476 e. The highest BCUT2D eigenvalue weighted by Gasteiger charge is 2.22. The molecule has 1 aromatic carbocycles. The van der Waals surface area contributed by atoms with Crippen molar-refractivity contribution in [3.8, 4) is 10.6 Å². The lowest BCUT2D eigenvalue weighted by molar-refractivity contribution is -0.120. The molecule has 3 N–H and O–H groups in total. The number of carboxylic acids is 1. The molecule has 1 amide bonds. The Bertz CT molecular complexity index is 672. The standard InChI is InChI=1S/C14H14N3O3S/c1-14(2,15)13(20)16-9-5-3-8(4-6-9)11-17-10(7-21-11)12(18)19/h3-7,15H,1-2H3,(H,16,20)(H,18,19). The Kier molecular flexibility index (Phi) is 4.06. The molecule has 2 rings (SSSR count). The molecule has 109 valence electrons. The first-order chi connectivity index (χ1) is 9.77. The predicted octanol–water partition coefficient (Wildman–Crippen LogP) is 2.51. The third-order valence-corrected chi connectivity index (χ3v) is 3.57. The van der Waals surface area contributed by atoms with Crippen molar-refractivity contribution in [3.63, 3.8) is 0 Å². The van der Waals surface area contributed by atoms with Gasteiger partial charge in [0.05, 0.1) is 0 Å². The molecule has 0 atom stereocenters. The number of thiazole rings is 1. The van der Waals surface area contributed by atoms with Crippen LogP contribution < -0.4 is 11.1 Å². The number of nitrogens with one attached hydrogen (secondary N) is 2. The quantitative estimate of drug-likeness (QED) is 0.905. The van der Waals surface area contributed by atoms with Gasteiger partial charge < -0.3 is 10.4 Å². The maximum absolute atomic E-state index is 11.7. The van der Waals surface area contributed by atoms with Gasteiger partial charge in [-0.25, -0.2) is 15.5 Å². The minimum absolute atomic E-state index is 0.0170. The van der Waals surface area contributed by atoms with Gasteiger partial charge in [-0.3, -0.25) is 4.79 Å². The number of rotatable bonds is 4. The molecule has 7 heteroatoms. The number of anilines is 1. The van der Waals surface area contributed by atoms with Crippen LogP contribution in [0.3, 0.4) is 0 Å². The summed E-state index contributed by atoms with van der Waals surface area (Å²) in [4.78, 5) is 26.5. The number of benzene rings is 1. The summed E-state index contributed by atoms with van der Waals surface area (Å²) < 4.78 is 0. The molecule has 0 bridgehead atoms. The van der Waals surface area contributed by atoms with E-state index in [0.717, 1.165) is 5.56 Å². The Morgan fingerprint density at radius 3 is 2.38 bits per heavy atom. The van der Waals surface area contributed by atoms with Gasteiger partial charge in [0.1, 0.15) is 10.5 Å². The van der Waals surface area contributed by atoms with Gasteiger partial charge in [-0.15, -0.1) is 11.3 Å². The molecule has 0 saturated carbocycles. The minimum Gasteiger partial charge on any atom is -0.476 e. The Morgan fingerprint density at radius 1 is 1.29 bits per heavy atom. The van der Waals surface area contributed by atoms with Gasteiger partial charge in [0.15, 0.2) is 5.69 Å². The maximum Gasteiger partial charge on any atom is 0.355 e. The van der Waals surface area contributed by atoms with Crippen molar-refractivity contribution in [2.45, 2.75) is 19.4 Å². The number of hydrogen-bond donors (Lipinski definition) is 2. The lowest BCUT2D eigenvalue weighted by atomic mass is 10.1. The normalized spacial score (nSPS) is 11.2. The van der Waals surface area contributed by atoms with Crippen molar-refractivity contribution in [2.24, 2.45) is 0 Å². The Morgan fingerprint density at radius 2 is 1.90 bits per heavy atom. The van der Waals surface area contributed by atoms with Gasteiger partial charge in [0, 0.05) is 16.6 Å². The zero-order valence-electron chi connectivity index (χ0n) is 11.5. The fraction of sp³-hybridized carbons (Fsp3) is 0.214. The molecule has 0 fully saturated rings. The van der Waals surface area contributed by atoms with Crippen LogP contribution in [0.4, 0.5) is 5.69 Å². The van der Waals surface area contributed by atoms with Crippen molar-refractivity contribution in [3.05, 3.63) is 35.3 Å². The summed E-state index contributed by atoms with van der Waals surface area (Å²) >= 11 is 1.25. The zero-order chi connectivity index (χ0) is 15.6. The molecule has 21 heavy (non-hydrogen) atoms. The van der Waals surface area contributed by atoms with Crippen molar-refractivity contribution in [1.82, 2.24) is 10.7 Å². The Balaban J connectivity index is 2.15. The van der Waals surface area contributed by atoms with Crippen LogP contribution in [0.1, 0.15) is 24.3 Å². The van der Waals surface area contributed by atoms with Crippen LogP contribution in [0.15, 0.2) is 29.6 Å². The van der Waals surface area contributed by atoms with Crippen molar-refractivity contribution < 1.29 is 14.7 Å².